The molecule has 0 spiro atoms. The number of hydrogen-bond donors (Lipinski definition) is 0. The number of rotatable bonds is 1. The molecule has 3 heteroatoms. The average molecular weight is 232 g/mol. The molecule has 2 heterocycles. The largest absolute Gasteiger partial charge is 0.491 e. The molecule has 3 nitrogen and oxygen atoms in total. The first-order chi connectivity index (χ1) is 8.34. The van der Waals surface area contributed by atoms with Crippen molar-refractivity contribution in [1.29, 1.82) is 0 Å². The Labute approximate surface area is 103 Å². The standard InChI is InChI=1S/C14H20N2O/c1-15-7-9-16(10-8-15)13-6-2-4-12-5-3-11-17-14(12)13/h2,4,6H,3,5,7-11H2,1H3. The second-order valence-electron chi connectivity index (χ2n) is 5.01. The lowest BCUT2D eigenvalue weighted by Crippen LogP contribution is -2.44. The lowest BCUT2D eigenvalue weighted by molar-refractivity contribution is 0.283. The number of fused-ring (bicyclic) bond motifs is 1. The molecule has 1 fully saturated rings. The molecular weight excluding hydrogens is 212 g/mol. The number of para-hydroxylation sites is 1. The molecule has 1 aromatic rings. The van der Waals surface area contributed by atoms with Crippen LogP contribution >= 0.6 is 0 Å². The smallest absolute Gasteiger partial charge is 0.145 e. The highest BCUT2D eigenvalue weighted by Crippen LogP contribution is 2.35. The number of ether oxygens (including phenoxy) is 1. The SMILES string of the molecule is CN1CCN(c2cccc3c2OCCC3)CC1. The fourth-order valence-electron chi connectivity index (χ4n) is 2.67. The van der Waals surface area contributed by atoms with E-state index >= 15 is 0 Å². The summed E-state index contributed by atoms with van der Waals surface area (Å²) in [5, 5.41) is 0. The van der Waals surface area contributed by atoms with E-state index in [9.17, 15) is 0 Å². The van der Waals surface area contributed by atoms with Crippen LogP contribution in [0.5, 0.6) is 5.75 Å². The monoisotopic (exact) mass is 232 g/mol. The molecule has 2 aliphatic rings. The van der Waals surface area contributed by atoms with Gasteiger partial charge in [0.25, 0.3) is 0 Å². The highest BCUT2D eigenvalue weighted by Gasteiger charge is 2.21. The van der Waals surface area contributed by atoms with E-state index in [2.05, 4.69) is 35.0 Å². The van der Waals surface area contributed by atoms with Gasteiger partial charge >= 0.3 is 0 Å². The molecule has 0 unspecified atom stereocenters. The molecule has 92 valence electrons. The Kier molecular flexibility index (Phi) is 2.93. The fraction of sp³-hybridized carbons (Fsp3) is 0.571. The number of anilines is 1. The van der Waals surface area contributed by atoms with Crippen LogP contribution < -0.4 is 9.64 Å². The van der Waals surface area contributed by atoms with Gasteiger partial charge in [0.1, 0.15) is 5.75 Å². The van der Waals surface area contributed by atoms with Gasteiger partial charge in [-0.1, -0.05) is 12.1 Å². The molecule has 17 heavy (non-hydrogen) atoms. The molecule has 0 saturated carbocycles. The molecule has 3 rings (SSSR count). The number of hydrogen-bond acceptors (Lipinski definition) is 3. The van der Waals surface area contributed by atoms with Crippen LogP contribution in [0.2, 0.25) is 0 Å². The maximum Gasteiger partial charge on any atom is 0.145 e. The zero-order valence-electron chi connectivity index (χ0n) is 10.5. The number of likely N-dealkylation sites (N-methyl/N-ethyl adjacent to an activating group) is 1. The predicted molar refractivity (Wildman–Crippen MR) is 70.0 cm³/mol. The maximum atomic E-state index is 5.88. The van der Waals surface area contributed by atoms with Gasteiger partial charge in [0.2, 0.25) is 0 Å². The summed E-state index contributed by atoms with van der Waals surface area (Å²) in [7, 11) is 2.19. The second kappa shape index (κ2) is 4.57. The van der Waals surface area contributed by atoms with Crippen LogP contribution in [-0.2, 0) is 6.42 Å². The van der Waals surface area contributed by atoms with Gasteiger partial charge in [0, 0.05) is 26.2 Å². The van der Waals surface area contributed by atoms with E-state index in [-0.39, 0.29) is 0 Å². The van der Waals surface area contributed by atoms with E-state index in [4.69, 9.17) is 4.74 Å². The molecule has 0 aliphatic carbocycles. The van der Waals surface area contributed by atoms with E-state index in [0.29, 0.717) is 0 Å². The highest BCUT2D eigenvalue weighted by molar-refractivity contribution is 5.62. The topological polar surface area (TPSA) is 15.7 Å². The molecular formula is C14H20N2O. The normalized spacial score (nSPS) is 20.9. The summed E-state index contributed by atoms with van der Waals surface area (Å²) in [4.78, 5) is 4.84. The minimum absolute atomic E-state index is 0.873. The molecule has 1 aromatic carbocycles. The summed E-state index contributed by atoms with van der Waals surface area (Å²) in [6, 6.07) is 6.57. The Hall–Kier alpha value is -1.22. The Balaban J connectivity index is 1.87. The summed E-state index contributed by atoms with van der Waals surface area (Å²) in [5.74, 6) is 1.14. The number of benzene rings is 1. The van der Waals surface area contributed by atoms with Crippen molar-refractivity contribution < 1.29 is 4.74 Å². The molecule has 1 saturated heterocycles. The van der Waals surface area contributed by atoms with Crippen LogP contribution in [0.3, 0.4) is 0 Å². The first-order valence-electron chi connectivity index (χ1n) is 6.53. The third-order valence-corrected chi connectivity index (χ3v) is 3.76. The van der Waals surface area contributed by atoms with Crippen LogP contribution in [0.4, 0.5) is 5.69 Å². The quantitative estimate of drug-likeness (QED) is 0.734. The maximum absolute atomic E-state index is 5.88. The van der Waals surface area contributed by atoms with Gasteiger partial charge in [-0.05, 0) is 31.5 Å². The lowest BCUT2D eigenvalue weighted by Gasteiger charge is -2.35. The van der Waals surface area contributed by atoms with E-state index < -0.39 is 0 Å². The van der Waals surface area contributed by atoms with Gasteiger partial charge in [0.15, 0.2) is 0 Å². The van der Waals surface area contributed by atoms with Crippen molar-refractivity contribution in [3.05, 3.63) is 23.8 Å². The van der Waals surface area contributed by atoms with Gasteiger partial charge in [-0.3, -0.25) is 0 Å². The molecule has 2 aliphatic heterocycles. The summed E-state index contributed by atoms with van der Waals surface area (Å²) in [6.07, 6.45) is 2.32. The van der Waals surface area contributed by atoms with E-state index in [1.54, 1.807) is 0 Å². The van der Waals surface area contributed by atoms with Gasteiger partial charge in [-0.2, -0.15) is 0 Å². The van der Waals surface area contributed by atoms with E-state index in [1.807, 2.05) is 0 Å². The van der Waals surface area contributed by atoms with Crippen LogP contribution in [-0.4, -0.2) is 44.7 Å². The van der Waals surface area contributed by atoms with Crippen LogP contribution in [0, 0.1) is 0 Å². The summed E-state index contributed by atoms with van der Waals surface area (Å²) < 4.78 is 5.88. The summed E-state index contributed by atoms with van der Waals surface area (Å²) >= 11 is 0. The lowest BCUT2D eigenvalue weighted by atomic mass is 10.0. The van der Waals surface area contributed by atoms with Crippen molar-refractivity contribution in [2.45, 2.75) is 12.8 Å². The first kappa shape index (κ1) is 10.9. The Morgan fingerprint density at radius 3 is 2.76 bits per heavy atom. The van der Waals surface area contributed by atoms with Crippen molar-refractivity contribution in [1.82, 2.24) is 4.90 Å². The third kappa shape index (κ3) is 2.12. The van der Waals surface area contributed by atoms with Gasteiger partial charge in [-0.25, -0.2) is 0 Å². The molecule has 0 radical (unpaired) electrons. The van der Waals surface area contributed by atoms with Crippen molar-refractivity contribution in [3.8, 4) is 5.75 Å². The van der Waals surface area contributed by atoms with E-state index in [1.165, 1.54) is 11.3 Å². The Bertz CT molecular complexity index is 397. The summed E-state index contributed by atoms with van der Waals surface area (Å²) in [5.41, 5.74) is 2.68. The number of aryl methyl sites for hydroxylation is 1. The first-order valence-corrected chi connectivity index (χ1v) is 6.53. The number of piperazine rings is 1. The van der Waals surface area contributed by atoms with Crippen LogP contribution in [0.1, 0.15) is 12.0 Å². The molecule has 0 aromatic heterocycles. The van der Waals surface area contributed by atoms with Crippen LogP contribution in [0.15, 0.2) is 18.2 Å². The Morgan fingerprint density at radius 1 is 1.12 bits per heavy atom. The predicted octanol–water partition coefficient (Wildman–Crippen LogP) is 1.76. The minimum Gasteiger partial charge on any atom is -0.491 e. The third-order valence-electron chi connectivity index (χ3n) is 3.76. The molecule has 0 N–H and O–H groups in total. The van der Waals surface area contributed by atoms with Gasteiger partial charge < -0.3 is 14.5 Å². The molecule has 0 amide bonds. The Morgan fingerprint density at radius 2 is 1.94 bits per heavy atom. The van der Waals surface area contributed by atoms with Crippen molar-refractivity contribution in [2.24, 2.45) is 0 Å². The summed E-state index contributed by atoms with van der Waals surface area (Å²) in [6.45, 7) is 5.37. The highest BCUT2D eigenvalue weighted by atomic mass is 16.5. The van der Waals surface area contributed by atoms with Crippen molar-refractivity contribution in [2.75, 3.05) is 44.7 Å². The zero-order valence-corrected chi connectivity index (χ0v) is 10.5. The van der Waals surface area contributed by atoms with Crippen molar-refractivity contribution >= 4 is 5.69 Å². The van der Waals surface area contributed by atoms with Crippen molar-refractivity contribution in [3.63, 3.8) is 0 Å². The van der Waals surface area contributed by atoms with Gasteiger partial charge in [0.05, 0.1) is 12.3 Å². The van der Waals surface area contributed by atoms with Crippen LogP contribution in [0.25, 0.3) is 0 Å². The minimum atomic E-state index is 0.873. The number of nitrogens with zero attached hydrogens (tertiary/aromatic N) is 2. The fourth-order valence-corrected chi connectivity index (χ4v) is 2.67. The zero-order chi connectivity index (χ0) is 11.7. The van der Waals surface area contributed by atoms with E-state index in [0.717, 1.165) is 51.4 Å². The second-order valence-corrected chi connectivity index (χ2v) is 5.01. The molecule has 0 bridgehead atoms. The average Bonchev–Trinajstić information content (AvgIpc) is 2.39. The molecule has 0 atom stereocenters. The van der Waals surface area contributed by atoms with Gasteiger partial charge in [-0.15, -0.1) is 0 Å².